The second-order valence-electron chi connectivity index (χ2n) is 5.57. The molecule has 25 heavy (non-hydrogen) atoms. The molecule has 3 aromatic rings. The van der Waals surface area contributed by atoms with Gasteiger partial charge in [0.05, 0.1) is 30.9 Å². The fourth-order valence-electron chi connectivity index (χ4n) is 2.81. The largest absolute Gasteiger partial charge is 0.497 e. The number of aryl methyl sites for hydroxylation is 1. The minimum Gasteiger partial charge on any atom is -0.497 e. The molecular formula is C19H21N3O3. The van der Waals surface area contributed by atoms with Crippen LogP contribution >= 0.6 is 0 Å². The summed E-state index contributed by atoms with van der Waals surface area (Å²) in [4.78, 5) is 17.2. The van der Waals surface area contributed by atoms with Crippen LogP contribution in [0.25, 0.3) is 11.0 Å². The van der Waals surface area contributed by atoms with Gasteiger partial charge in [0.15, 0.2) is 0 Å². The van der Waals surface area contributed by atoms with Gasteiger partial charge in [-0.1, -0.05) is 19.1 Å². The molecule has 130 valence electrons. The first-order valence-corrected chi connectivity index (χ1v) is 8.12. The molecule has 0 atom stereocenters. The van der Waals surface area contributed by atoms with Gasteiger partial charge in [-0.15, -0.1) is 0 Å². The van der Waals surface area contributed by atoms with Crippen LogP contribution in [0.3, 0.4) is 0 Å². The van der Waals surface area contributed by atoms with E-state index in [9.17, 15) is 4.79 Å². The van der Waals surface area contributed by atoms with Gasteiger partial charge in [-0.05, 0) is 24.3 Å². The van der Waals surface area contributed by atoms with E-state index in [0.29, 0.717) is 17.2 Å². The van der Waals surface area contributed by atoms with Gasteiger partial charge >= 0.3 is 0 Å². The molecule has 0 spiro atoms. The summed E-state index contributed by atoms with van der Waals surface area (Å²) in [5, 5.41) is 2.90. The summed E-state index contributed by atoms with van der Waals surface area (Å²) in [5.74, 6) is 1.97. The van der Waals surface area contributed by atoms with Crippen molar-refractivity contribution in [2.24, 2.45) is 0 Å². The van der Waals surface area contributed by atoms with Gasteiger partial charge in [0.1, 0.15) is 23.9 Å². The summed E-state index contributed by atoms with van der Waals surface area (Å²) >= 11 is 0. The fraction of sp³-hybridized carbons (Fsp3) is 0.263. The lowest BCUT2D eigenvalue weighted by Crippen LogP contribution is -2.20. The highest BCUT2D eigenvalue weighted by Crippen LogP contribution is 2.29. The van der Waals surface area contributed by atoms with Crippen molar-refractivity contribution in [3.8, 4) is 11.5 Å². The quantitative estimate of drug-likeness (QED) is 0.749. The molecule has 1 aromatic heterocycles. The van der Waals surface area contributed by atoms with Crippen LogP contribution in [0, 0.1) is 0 Å². The van der Waals surface area contributed by atoms with Crippen LogP contribution in [0.1, 0.15) is 12.7 Å². The third-order valence-electron chi connectivity index (χ3n) is 4.03. The smallest absolute Gasteiger partial charge is 0.244 e. The lowest BCUT2D eigenvalue weighted by atomic mass is 10.2. The van der Waals surface area contributed by atoms with Crippen molar-refractivity contribution < 1.29 is 14.3 Å². The standard InChI is InChI=1S/C19H21N3O3/c1-4-18-20-14-7-5-6-8-16(14)22(18)12-19(23)21-15-10-9-13(24-2)11-17(15)25-3/h5-11H,4,12H2,1-3H3,(H,21,23). The maximum Gasteiger partial charge on any atom is 0.244 e. The number of ether oxygens (including phenoxy) is 2. The third kappa shape index (κ3) is 3.42. The lowest BCUT2D eigenvalue weighted by molar-refractivity contribution is -0.116. The Kier molecular flexibility index (Phi) is 4.88. The summed E-state index contributed by atoms with van der Waals surface area (Å²) in [7, 11) is 3.15. The SMILES string of the molecule is CCc1nc2ccccc2n1CC(=O)Nc1ccc(OC)cc1OC. The van der Waals surface area contributed by atoms with E-state index in [1.807, 2.05) is 35.8 Å². The van der Waals surface area contributed by atoms with Crippen LogP contribution in [0.5, 0.6) is 11.5 Å². The molecule has 1 heterocycles. The van der Waals surface area contributed by atoms with Gasteiger partial charge in [0.25, 0.3) is 0 Å². The molecular weight excluding hydrogens is 318 g/mol. The number of carbonyl (C=O) groups excluding carboxylic acids is 1. The zero-order valence-corrected chi connectivity index (χ0v) is 14.6. The Morgan fingerprint density at radius 2 is 1.96 bits per heavy atom. The first-order chi connectivity index (χ1) is 12.2. The van der Waals surface area contributed by atoms with Crippen LogP contribution in [-0.2, 0) is 17.8 Å². The van der Waals surface area contributed by atoms with E-state index in [2.05, 4.69) is 10.3 Å². The van der Waals surface area contributed by atoms with Gasteiger partial charge < -0.3 is 19.4 Å². The number of fused-ring (bicyclic) bond motifs is 1. The van der Waals surface area contributed by atoms with E-state index in [1.165, 1.54) is 0 Å². The van der Waals surface area contributed by atoms with Crippen molar-refractivity contribution in [2.45, 2.75) is 19.9 Å². The van der Waals surface area contributed by atoms with E-state index in [4.69, 9.17) is 9.47 Å². The van der Waals surface area contributed by atoms with E-state index in [0.717, 1.165) is 23.3 Å². The zero-order chi connectivity index (χ0) is 17.8. The van der Waals surface area contributed by atoms with Crippen molar-refractivity contribution in [3.63, 3.8) is 0 Å². The maximum atomic E-state index is 12.6. The molecule has 0 aliphatic carbocycles. The van der Waals surface area contributed by atoms with Crippen LogP contribution in [0.4, 0.5) is 5.69 Å². The van der Waals surface area contributed by atoms with Crippen molar-refractivity contribution in [2.75, 3.05) is 19.5 Å². The van der Waals surface area contributed by atoms with Crippen LogP contribution in [0.2, 0.25) is 0 Å². The van der Waals surface area contributed by atoms with E-state index in [1.54, 1.807) is 32.4 Å². The Bertz CT molecular complexity index is 902. The number of imidazole rings is 1. The summed E-state index contributed by atoms with van der Waals surface area (Å²) in [5.41, 5.74) is 2.46. The number of rotatable bonds is 6. The predicted octanol–water partition coefficient (Wildman–Crippen LogP) is 3.25. The molecule has 0 radical (unpaired) electrons. The molecule has 0 fully saturated rings. The molecule has 3 rings (SSSR count). The van der Waals surface area contributed by atoms with E-state index in [-0.39, 0.29) is 12.5 Å². The number of hydrogen-bond acceptors (Lipinski definition) is 4. The maximum absolute atomic E-state index is 12.6. The number of anilines is 1. The summed E-state index contributed by atoms with van der Waals surface area (Å²) < 4.78 is 12.4. The second-order valence-corrected chi connectivity index (χ2v) is 5.57. The number of aromatic nitrogens is 2. The van der Waals surface area contributed by atoms with Gasteiger partial charge in [0, 0.05) is 12.5 Å². The highest BCUT2D eigenvalue weighted by atomic mass is 16.5. The molecule has 0 saturated heterocycles. The topological polar surface area (TPSA) is 65.4 Å². The molecule has 2 aromatic carbocycles. The normalized spacial score (nSPS) is 10.7. The average molecular weight is 339 g/mol. The molecule has 6 nitrogen and oxygen atoms in total. The molecule has 0 aliphatic heterocycles. The van der Waals surface area contributed by atoms with Crippen LogP contribution < -0.4 is 14.8 Å². The highest BCUT2D eigenvalue weighted by molar-refractivity contribution is 5.93. The number of nitrogens with one attached hydrogen (secondary N) is 1. The van der Waals surface area contributed by atoms with Gasteiger partial charge in [0.2, 0.25) is 5.91 Å². The Morgan fingerprint density at radius 3 is 2.68 bits per heavy atom. The number of hydrogen-bond donors (Lipinski definition) is 1. The molecule has 0 aliphatic rings. The molecule has 1 amide bonds. The minimum absolute atomic E-state index is 0.138. The second kappa shape index (κ2) is 7.25. The Hall–Kier alpha value is -3.02. The number of benzene rings is 2. The van der Waals surface area contributed by atoms with E-state index >= 15 is 0 Å². The lowest BCUT2D eigenvalue weighted by Gasteiger charge is -2.13. The summed E-state index contributed by atoms with van der Waals surface area (Å²) in [6, 6.07) is 13.1. The van der Waals surface area contributed by atoms with Gasteiger partial charge in [-0.2, -0.15) is 0 Å². The van der Waals surface area contributed by atoms with E-state index < -0.39 is 0 Å². The monoisotopic (exact) mass is 339 g/mol. The first kappa shape index (κ1) is 16.8. The molecule has 0 saturated carbocycles. The minimum atomic E-state index is -0.138. The van der Waals surface area contributed by atoms with Crippen LogP contribution in [0.15, 0.2) is 42.5 Å². The molecule has 0 bridgehead atoms. The number of methoxy groups -OCH3 is 2. The Labute approximate surface area is 146 Å². The number of nitrogens with zero attached hydrogens (tertiary/aromatic N) is 2. The molecule has 1 N–H and O–H groups in total. The summed E-state index contributed by atoms with van der Waals surface area (Å²) in [6.45, 7) is 2.22. The Morgan fingerprint density at radius 1 is 1.16 bits per heavy atom. The van der Waals surface area contributed by atoms with Crippen molar-refractivity contribution in [3.05, 3.63) is 48.3 Å². The van der Waals surface area contributed by atoms with Gasteiger partial charge in [-0.3, -0.25) is 4.79 Å². The van der Waals surface area contributed by atoms with Crippen LogP contribution in [-0.4, -0.2) is 29.7 Å². The van der Waals surface area contributed by atoms with Gasteiger partial charge in [-0.25, -0.2) is 4.98 Å². The third-order valence-corrected chi connectivity index (χ3v) is 4.03. The fourth-order valence-corrected chi connectivity index (χ4v) is 2.81. The first-order valence-electron chi connectivity index (χ1n) is 8.12. The predicted molar refractivity (Wildman–Crippen MR) is 97.3 cm³/mol. The van der Waals surface area contributed by atoms with Crippen molar-refractivity contribution >= 4 is 22.6 Å². The average Bonchev–Trinajstić information content (AvgIpc) is 2.99. The van der Waals surface area contributed by atoms with Crippen molar-refractivity contribution in [1.29, 1.82) is 0 Å². The number of amides is 1. The highest BCUT2D eigenvalue weighted by Gasteiger charge is 2.14. The molecule has 0 unspecified atom stereocenters. The Balaban J connectivity index is 1.84. The zero-order valence-electron chi connectivity index (χ0n) is 14.6. The molecule has 6 heteroatoms. The number of para-hydroxylation sites is 2. The summed E-state index contributed by atoms with van der Waals surface area (Å²) in [6.07, 6.45) is 0.758. The number of carbonyl (C=O) groups is 1. The van der Waals surface area contributed by atoms with Crippen molar-refractivity contribution in [1.82, 2.24) is 9.55 Å².